The summed E-state index contributed by atoms with van der Waals surface area (Å²) in [4.78, 5) is 0. The average molecular weight is 276 g/mol. The Hall–Kier alpha value is -1.54. The molecule has 1 fully saturated rings. The van der Waals surface area contributed by atoms with Crippen molar-refractivity contribution in [3.05, 3.63) is 64.9 Å². The maximum Gasteiger partial charge on any atom is 0.147 e. The van der Waals surface area contributed by atoms with Crippen LogP contribution in [0.15, 0.2) is 48.5 Å². The molecule has 1 nitrogen and oxygen atoms in total. The van der Waals surface area contributed by atoms with Crippen LogP contribution in [0.4, 0.5) is 10.1 Å². The summed E-state index contributed by atoms with van der Waals surface area (Å²) in [5, 5.41) is 3.67. The van der Waals surface area contributed by atoms with Crippen molar-refractivity contribution in [2.75, 3.05) is 5.32 Å². The molecule has 1 aliphatic carbocycles. The van der Waals surface area contributed by atoms with Crippen LogP contribution in [0, 0.1) is 5.82 Å². The third-order valence-corrected chi connectivity index (χ3v) is 3.93. The molecule has 0 saturated heterocycles. The lowest BCUT2D eigenvalue weighted by atomic mass is 9.76. The maximum absolute atomic E-state index is 13.6. The van der Waals surface area contributed by atoms with Gasteiger partial charge in [-0.1, -0.05) is 41.9 Å². The molecule has 0 atom stereocenters. The van der Waals surface area contributed by atoms with Crippen molar-refractivity contribution < 1.29 is 4.39 Å². The molecule has 0 amide bonds. The topological polar surface area (TPSA) is 12.0 Å². The summed E-state index contributed by atoms with van der Waals surface area (Å²) in [5.74, 6) is 0.310. The molecule has 0 aromatic heterocycles. The van der Waals surface area contributed by atoms with E-state index < -0.39 is 0 Å². The molecule has 98 valence electrons. The monoisotopic (exact) mass is 275 g/mol. The van der Waals surface area contributed by atoms with E-state index in [1.54, 1.807) is 12.1 Å². The molecule has 0 heterocycles. The van der Waals surface area contributed by atoms with Crippen molar-refractivity contribution in [1.82, 2.24) is 0 Å². The van der Waals surface area contributed by atoms with Crippen molar-refractivity contribution in [3.63, 3.8) is 0 Å². The molecular formula is C16H15ClFN. The van der Waals surface area contributed by atoms with Gasteiger partial charge in [-0.15, -0.1) is 0 Å². The Morgan fingerprint density at radius 2 is 1.79 bits per heavy atom. The van der Waals surface area contributed by atoms with E-state index in [1.165, 1.54) is 11.6 Å². The van der Waals surface area contributed by atoms with Gasteiger partial charge in [-0.05, 0) is 42.5 Å². The first-order valence-corrected chi connectivity index (χ1v) is 6.86. The summed E-state index contributed by atoms with van der Waals surface area (Å²) in [7, 11) is 0. The highest BCUT2D eigenvalue weighted by molar-refractivity contribution is 6.30. The number of hydrogen-bond acceptors (Lipinski definition) is 1. The Balaban J connectivity index is 1.60. The molecule has 3 rings (SSSR count). The summed E-state index contributed by atoms with van der Waals surface area (Å²) in [6.45, 7) is 0. The van der Waals surface area contributed by atoms with Gasteiger partial charge in [-0.3, -0.25) is 0 Å². The summed E-state index contributed by atoms with van der Waals surface area (Å²) >= 11 is 5.74. The average Bonchev–Trinajstić information content (AvgIpc) is 2.36. The fraction of sp³-hybridized carbons (Fsp3) is 0.250. The molecule has 0 radical (unpaired) electrons. The molecular weight excluding hydrogens is 261 g/mol. The molecule has 1 aliphatic rings. The van der Waals surface area contributed by atoms with Gasteiger partial charge in [0, 0.05) is 11.1 Å². The van der Waals surface area contributed by atoms with Crippen molar-refractivity contribution in [2.45, 2.75) is 24.8 Å². The van der Waals surface area contributed by atoms with E-state index in [2.05, 4.69) is 29.6 Å². The van der Waals surface area contributed by atoms with Crippen LogP contribution >= 0.6 is 11.6 Å². The van der Waals surface area contributed by atoms with Gasteiger partial charge < -0.3 is 5.32 Å². The Morgan fingerprint density at radius 1 is 1.05 bits per heavy atom. The van der Waals surface area contributed by atoms with Crippen LogP contribution in [0.5, 0.6) is 0 Å². The number of benzene rings is 2. The second-order valence-electron chi connectivity index (χ2n) is 5.04. The van der Waals surface area contributed by atoms with Gasteiger partial charge in [0.15, 0.2) is 0 Å². The molecule has 19 heavy (non-hydrogen) atoms. The van der Waals surface area contributed by atoms with Crippen molar-refractivity contribution in [3.8, 4) is 0 Å². The van der Waals surface area contributed by atoms with Crippen LogP contribution in [0.1, 0.15) is 24.3 Å². The standard InChI is InChI=1S/C16H15ClFN/c17-13-6-7-16(15(18)10-13)19-14-8-12(9-14)11-4-2-1-3-5-11/h1-7,10,12,14,19H,8-9H2. The normalized spacial score (nSPS) is 21.8. The third-order valence-electron chi connectivity index (χ3n) is 3.70. The quantitative estimate of drug-likeness (QED) is 0.845. The fourth-order valence-corrected chi connectivity index (χ4v) is 2.72. The highest BCUT2D eigenvalue weighted by Gasteiger charge is 2.30. The van der Waals surface area contributed by atoms with Crippen LogP contribution in [-0.4, -0.2) is 6.04 Å². The first-order chi connectivity index (χ1) is 9.22. The second-order valence-corrected chi connectivity index (χ2v) is 5.48. The zero-order chi connectivity index (χ0) is 13.2. The van der Waals surface area contributed by atoms with Gasteiger partial charge in [0.1, 0.15) is 5.82 Å². The Kier molecular flexibility index (Phi) is 3.43. The van der Waals surface area contributed by atoms with Gasteiger partial charge in [-0.25, -0.2) is 4.39 Å². The number of rotatable bonds is 3. The fourth-order valence-electron chi connectivity index (χ4n) is 2.56. The molecule has 2 aromatic carbocycles. The minimum Gasteiger partial charge on any atom is -0.380 e. The van der Waals surface area contributed by atoms with E-state index in [4.69, 9.17) is 11.6 Å². The second kappa shape index (κ2) is 5.22. The lowest BCUT2D eigenvalue weighted by molar-refractivity contribution is 0.373. The minimum atomic E-state index is -0.282. The van der Waals surface area contributed by atoms with Crippen LogP contribution in [0.2, 0.25) is 5.02 Å². The Labute approximate surface area is 117 Å². The number of anilines is 1. The van der Waals surface area contributed by atoms with Crippen molar-refractivity contribution in [2.24, 2.45) is 0 Å². The maximum atomic E-state index is 13.6. The summed E-state index contributed by atoms with van der Waals surface area (Å²) in [6.07, 6.45) is 2.10. The highest BCUT2D eigenvalue weighted by Crippen LogP contribution is 2.38. The first-order valence-electron chi connectivity index (χ1n) is 6.49. The first kappa shape index (κ1) is 12.5. The zero-order valence-electron chi connectivity index (χ0n) is 10.4. The van der Waals surface area contributed by atoms with E-state index in [-0.39, 0.29) is 5.82 Å². The van der Waals surface area contributed by atoms with E-state index >= 15 is 0 Å². The molecule has 3 heteroatoms. The van der Waals surface area contributed by atoms with E-state index in [0.29, 0.717) is 22.7 Å². The van der Waals surface area contributed by atoms with Crippen molar-refractivity contribution in [1.29, 1.82) is 0 Å². The van der Waals surface area contributed by atoms with E-state index in [0.717, 1.165) is 12.8 Å². The van der Waals surface area contributed by atoms with Gasteiger partial charge >= 0.3 is 0 Å². The molecule has 1 saturated carbocycles. The number of halogens is 2. The van der Waals surface area contributed by atoms with Crippen molar-refractivity contribution >= 4 is 17.3 Å². The Morgan fingerprint density at radius 3 is 2.47 bits per heavy atom. The predicted octanol–water partition coefficient (Wildman–Crippen LogP) is 4.84. The smallest absolute Gasteiger partial charge is 0.147 e. The van der Waals surface area contributed by atoms with Crippen LogP contribution in [-0.2, 0) is 0 Å². The Bertz CT molecular complexity index is 564. The van der Waals surface area contributed by atoms with Gasteiger partial charge in [0.25, 0.3) is 0 Å². The van der Waals surface area contributed by atoms with Gasteiger partial charge in [0.05, 0.1) is 5.69 Å². The molecule has 2 aromatic rings. The zero-order valence-corrected chi connectivity index (χ0v) is 11.2. The number of hydrogen-bond donors (Lipinski definition) is 1. The summed E-state index contributed by atoms with van der Waals surface area (Å²) < 4.78 is 13.6. The molecule has 0 aliphatic heterocycles. The lowest BCUT2D eigenvalue weighted by Crippen LogP contribution is -2.34. The van der Waals surface area contributed by atoms with E-state index in [1.807, 2.05) is 6.07 Å². The number of nitrogens with one attached hydrogen (secondary N) is 1. The van der Waals surface area contributed by atoms with Gasteiger partial charge in [0.2, 0.25) is 0 Å². The highest BCUT2D eigenvalue weighted by atomic mass is 35.5. The lowest BCUT2D eigenvalue weighted by Gasteiger charge is -2.37. The van der Waals surface area contributed by atoms with E-state index in [9.17, 15) is 4.39 Å². The minimum absolute atomic E-state index is 0.282. The van der Waals surface area contributed by atoms with Gasteiger partial charge in [-0.2, -0.15) is 0 Å². The van der Waals surface area contributed by atoms with Crippen LogP contribution in [0.3, 0.4) is 0 Å². The van der Waals surface area contributed by atoms with Crippen LogP contribution < -0.4 is 5.32 Å². The molecule has 1 N–H and O–H groups in total. The third kappa shape index (κ3) is 2.74. The SMILES string of the molecule is Fc1cc(Cl)ccc1NC1CC(c2ccccc2)C1. The molecule has 0 spiro atoms. The summed E-state index contributed by atoms with van der Waals surface area (Å²) in [6, 6.07) is 15.6. The largest absolute Gasteiger partial charge is 0.380 e. The van der Waals surface area contributed by atoms with Crippen LogP contribution in [0.25, 0.3) is 0 Å². The molecule has 0 unspecified atom stereocenters. The molecule has 0 bridgehead atoms. The summed E-state index contributed by atoms with van der Waals surface area (Å²) in [5.41, 5.74) is 1.91. The predicted molar refractivity (Wildman–Crippen MR) is 77.2 cm³/mol.